The van der Waals surface area contributed by atoms with Gasteiger partial charge >= 0.3 is 0 Å². The number of hydrogen-bond acceptors (Lipinski definition) is 3. The monoisotopic (exact) mass is 173 g/mol. The van der Waals surface area contributed by atoms with Gasteiger partial charge in [0.25, 0.3) is 5.56 Å². The molecule has 0 radical (unpaired) electrons. The van der Waals surface area contributed by atoms with Gasteiger partial charge in [-0.1, -0.05) is 0 Å². The van der Waals surface area contributed by atoms with E-state index in [1.54, 1.807) is 12.4 Å². The highest BCUT2D eigenvalue weighted by Gasteiger charge is 1.97. The lowest BCUT2D eigenvalue weighted by Crippen LogP contribution is -2.04. The van der Waals surface area contributed by atoms with Crippen molar-refractivity contribution in [3.8, 4) is 11.3 Å². The summed E-state index contributed by atoms with van der Waals surface area (Å²) in [5.41, 5.74) is 1.40. The fourth-order valence-electron chi connectivity index (χ4n) is 1.05. The molecule has 0 aliphatic heterocycles. The molecule has 0 bridgehead atoms. The Bertz CT molecular complexity index is 450. The summed E-state index contributed by atoms with van der Waals surface area (Å²) < 4.78 is 0. The van der Waals surface area contributed by atoms with Crippen molar-refractivity contribution in [3.63, 3.8) is 0 Å². The number of aromatic nitrogens is 3. The molecule has 2 aromatic rings. The van der Waals surface area contributed by atoms with Crippen LogP contribution < -0.4 is 5.56 Å². The van der Waals surface area contributed by atoms with E-state index in [1.807, 2.05) is 12.1 Å². The molecule has 0 aliphatic carbocycles. The summed E-state index contributed by atoms with van der Waals surface area (Å²) in [7, 11) is 0. The Balaban J connectivity index is 2.54. The van der Waals surface area contributed by atoms with Gasteiger partial charge in [-0.2, -0.15) is 0 Å². The smallest absolute Gasteiger partial charge is 0.251 e. The Morgan fingerprint density at radius 3 is 2.69 bits per heavy atom. The molecule has 4 nitrogen and oxygen atoms in total. The van der Waals surface area contributed by atoms with Crippen LogP contribution in [0.25, 0.3) is 11.3 Å². The number of nitrogens with zero attached hydrogens (tertiary/aromatic N) is 2. The number of H-pyrrole nitrogens is 1. The molecule has 0 unspecified atom stereocenters. The first-order valence-electron chi connectivity index (χ1n) is 3.81. The predicted molar refractivity (Wildman–Crippen MR) is 48.1 cm³/mol. The van der Waals surface area contributed by atoms with Crippen LogP contribution in [0, 0.1) is 0 Å². The van der Waals surface area contributed by atoms with Crippen LogP contribution in [0.4, 0.5) is 0 Å². The van der Waals surface area contributed by atoms with Crippen LogP contribution >= 0.6 is 0 Å². The maximum atomic E-state index is 11.0. The number of rotatable bonds is 1. The van der Waals surface area contributed by atoms with E-state index in [2.05, 4.69) is 15.0 Å². The molecule has 0 aromatic carbocycles. The number of aromatic amines is 1. The summed E-state index contributed by atoms with van der Waals surface area (Å²) in [5.74, 6) is 0. The SMILES string of the molecule is O=c1cc(-c2ccncc2)nc[nH]1. The highest BCUT2D eigenvalue weighted by molar-refractivity contribution is 5.56. The molecule has 4 heteroatoms. The average Bonchev–Trinajstić information content (AvgIpc) is 2.19. The second-order valence-corrected chi connectivity index (χ2v) is 2.53. The predicted octanol–water partition coefficient (Wildman–Crippen LogP) is 0.832. The summed E-state index contributed by atoms with van der Waals surface area (Å²) in [5, 5.41) is 0. The summed E-state index contributed by atoms with van der Waals surface area (Å²) in [6.45, 7) is 0. The molecule has 0 saturated heterocycles. The quantitative estimate of drug-likeness (QED) is 0.694. The maximum absolute atomic E-state index is 11.0. The molecule has 1 N–H and O–H groups in total. The van der Waals surface area contributed by atoms with E-state index in [1.165, 1.54) is 12.4 Å². The largest absolute Gasteiger partial charge is 0.313 e. The molecular weight excluding hydrogens is 166 g/mol. The number of pyridine rings is 1. The third kappa shape index (κ3) is 1.61. The standard InChI is InChI=1S/C9H7N3O/c13-9-5-8(11-6-12-9)7-1-3-10-4-2-7/h1-6H,(H,11,12,13). The first kappa shape index (κ1) is 7.67. The van der Waals surface area contributed by atoms with Gasteiger partial charge in [0.1, 0.15) is 0 Å². The van der Waals surface area contributed by atoms with Gasteiger partial charge in [-0.25, -0.2) is 4.98 Å². The van der Waals surface area contributed by atoms with Crippen LogP contribution in [0.15, 0.2) is 41.7 Å². The van der Waals surface area contributed by atoms with Crippen molar-refractivity contribution in [3.05, 3.63) is 47.3 Å². The third-order valence-electron chi connectivity index (χ3n) is 1.65. The van der Waals surface area contributed by atoms with E-state index < -0.39 is 0 Å². The zero-order valence-electron chi connectivity index (χ0n) is 6.77. The van der Waals surface area contributed by atoms with Crippen molar-refractivity contribution < 1.29 is 0 Å². The van der Waals surface area contributed by atoms with Crippen molar-refractivity contribution in [2.24, 2.45) is 0 Å². The fraction of sp³-hybridized carbons (Fsp3) is 0. The minimum absolute atomic E-state index is 0.151. The van der Waals surface area contributed by atoms with E-state index in [4.69, 9.17) is 0 Å². The fourth-order valence-corrected chi connectivity index (χ4v) is 1.05. The highest BCUT2D eigenvalue weighted by atomic mass is 16.1. The van der Waals surface area contributed by atoms with Gasteiger partial charge in [0.2, 0.25) is 0 Å². The molecule has 0 spiro atoms. The normalized spacial score (nSPS) is 9.85. The lowest BCUT2D eigenvalue weighted by atomic mass is 10.2. The lowest BCUT2D eigenvalue weighted by molar-refractivity contribution is 1.12. The molecule has 2 rings (SSSR count). The van der Waals surface area contributed by atoms with E-state index >= 15 is 0 Å². The van der Waals surface area contributed by atoms with Crippen molar-refractivity contribution in [2.75, 3.05) is 0 Å². The molecule has 2 heterocycles. The summed E-state index contributed by atoms with van der Waals surface area (Å²) in [6, 6.07) is 5.07. The Morgan fingerprint density at radius 1 is 1.23 bits per heavy atom. The van der Waals surface area contributed by atoms with E-state index in [-0.39, 0.29) is 5.56 Å². The van der Waals surface area contributed by atoms with Gasteiger partial charge in [-0.15, -0.1) is 0 Å². The molecule has 0 fully saturated rings. The molecule has 0 atom stereocenters. The van der Waals surface area contributed by atoms with Gasteiger partial charge in [-0.3, -0.25) is 9.78 Å². The Morgan fingerprint density at radius 2 is 2.00 bits per heavy atom. The minimum Gasteiger partial charge on any atom is -0.313 e. The van der Waals surface area contributed by atoms with Crippen molar-refractivity contribution in [1.82, 2.24) is 15.0 Å². The average molecular weight is 173 g/mol. The summed E-state index contributed by atoms with van der Waals surface area (Å²) in [4.78, 5) is 21.3. The molecule has 2 aromatic heterocycles. The first-order valence-corrected chi connectivity index (χ1v) is 3.81. The molecule has 13 heavy (non-hydrogen) atoms. The Labute approximate surface area is 74.3 Å². The minimum atomic E-state index is -0.151. The lowest BCUT2D eigenvalue weighted by Gasteiger charge is -1.96. The van der Waals surface area contributed by atoms with Crippen LogP contribution in [0.1, 0.15) is 0 Å². The maximum Gasteiger partial charge on any atom is 0.251 e. The van der Waals surface area contributed by atoms with E-state index in [0.717, 1.165) is 5.56 Å². The molecule has 0 amide bonds. The molecule has 0 saturated carbocycles. The van der Waals surface area contributed by atoms with Crippen LogP contribution in [0.5, 0.6) is 0 Å². The summed E-state index contributed by atoms with van der Waals surface area (Å²) >= 11 is 0. The second kappa shape index (κ2) is 3.18. The van der Waals surface area contributed by atoms with Gasteiger partial charge in [-0.05, 0) is 12.1 Å². The van der Waals surface area contributed by atoms with E-state index in [0.29, 0.717) is 5.69 Å². The second-order valence-electron chi connectivity index (χ2n) is 2.53. The molecular formula is C9H7N3O. The van der Waals surface area contributed by atoms with Gasteiger partial charge in [0.15, 0.2) is 0 Å². The number of nitrogens with one attached hydrogen (secondary N) is 1. The Kier molecular flexibility index (Phi) is 1.88. The third-order valence-corrected chi connectivity index (χ3v) is 1.65. The van der Waals surface area contributed by atoms with Crippen LogP contribution in [0.3, 0.4) is 0 Å². The van der Waals surface area contributed by atoms with Crippen LogP contribution in [-0.4, -0.2) is 15.0 Å². The Hall–Kier alpha value is -1.97. The van der Waals surface area contributed by atoms with Crippen molar-refractivity contribution in [2.45, 2.75) is 0 Å². The van der Waals surface area contributed by atoms with Gasteiger partial charge < -0.3 is 4.98 Å². The van der Waals surface area contributed by atoms with Crippen LogP contribution in [0.2, 0.25) is 0 Å². The van der Waals surface area contributed by atoms with Crippen molar-refractivity contribution >= 4 is 0 Å². The van der Waals surface area contributed by atoms with Gasteiger partial charge in [0, 0.05) is 24.0 Å². The summed E-state index contributed by atoms with van der Waals surface area (Å²) in [6.07, 6.45) is 4.72. The molecule has 0 aliphatic rings. The topological polar surface area (TPSA) is 58.6 Å². The zero-order chi connectivity index (χ0) is 9.10. The van der Waals surface area contributed by atoms with Crippen molar-refractivity contribution in [1.29, 1.82) is 0 Å². The number of hydrogen-bond donors (Lipinski definition) is 1. The molecule has 64 valence electrons. The highest BCUT2D eigenvalue weighted by Crippen LogP contribution is 2.11. The zero-order valence-corrected chi connectivity index (χ0v) is 6.77. The van der Waals surface area contributed by atoms with Gasteiger partial charge in [0.05, 0.1) is 12.0 Å². The van der Waals surface area contributed by atoms with E-state index in [9.17, 15) is 4.79 Å². The first-order chi connectivity index (χ1) is 6.36. The van der Waals surface area contributed by atoms with Crippen LogP contribution in [-0.2, 0) is 0 Å².